The fourth-order valence-corrected chi connectivity index (χ4v) is 4.24. The summed E-state index contributed by atoms with van der Waals surface area (Å²) in [6, 6.07) is 18.0. The van der Waals surface area contributed by atoms with Gasteiger partial charge >= 0.3 is 5.97 Å². The first-order valence-corrected chi connectivity index (χ1v) is 11.3. The summed E-state index contributed by atoms with van der Waals surface area (Å²) in [5.74, 6) is -2.58. The maximum absolute atomic E-state index is 12.5. The molecule has 0 saturated heterocycles. The molecule has 3 aromatic rings. The van der Waals surface area contributed by atoms with E-state index in [0.29, 0.717) is 23.4 Å². The van der Waals surface area contributed by atoms with Gasteiger partial charge in [0.25, 0.3) is 11.8 Å². The first kappa shape index (κ1) is 24.1. The van der Waals surface area contributed by atoms with Gasteiger partial charge in [-0.25, -0.2) is 4.98 Å². The van der Waals surface area contributed by atoms with Crippen molar-refractivity contribution in [2.75, 3.05) is 13.7 Å². The van der Waals surface area contributed by atoms with E-state index in [0.717, 1.165) is 21.6 Å². The average Bonchev–Trinajstić information content (AvgIpc) is 3.12. The van der Waals surface area contributed by atoms with Crippen LogP contribution in [0.4, 0.5) is 0 Å². The molecule has 4 rings (SSSR count). The maximum Gasteiger partial charge on any atom is 0.309 e. The summed E-state index contributed by atoms with van der Waals surface area (Å²) < 4.78 is 5.07. The number of rotatable bonds is 10. The van der Waals surface area contributed by atoms with Crippen LogP contribution in [0.5, 0.6) is 5.88 Å². The largest absolute Gasteiger partial charge is 0.481 e. The van der Waals surface area contributed by atoms with E-state index in [9.17, 15) is 24.6 Å². The van der Waals surface area contributed by atoms with Crippen molar-refractivity contribution in [3.63, 3.8) is 0 Å². The first-order chi connectivity index (χ1) is 16.9. The molecular weight excluding hydrogens is 448 g/mol. The highest BCUT2D eigenvalue weighted by molar-refractivity contribution is 6.21. The molecule has 0 unspecified atom stereocenters. The second-order valence-electron chi connectivity index (χ2n) is 8.43. The molecular formula is C27H26N2O6. The minimum atomic E-state index is -1.16. The lowest BCUT2D eigenvalue weighted by Crippen LogP contribution is -2.36. The zero-order chi connectivity index (χ0) is 24.9. The van der Waals surface area contributed by atoms with E-state index >= 15 is 0 Å². The number of hydrogen-bond donors (Lipinski definition) is 2. The van der Waals surface area contributed by atoms with Gasteiger partial charge in [-0.3, -0.25) is 19.3 Å². The van der Waals surface area contributed by atoms with Crippen molar-refractivity contribution < 1.29 is 29.3 Å². The number of aliphatic hydroxyl groups is 1. The zero-order valence-electron chi connectivity index (χ0n) is 19.3. The second kappa shape index (κ2) is 10.5. The Balaban J connectivity index is 1.33. The molecule has 0 aliphatic carbocycles. The number of ether oxygens (including phenoxy) is 1. The topological polar surface area (TPSA) is 117 Å². The zero-order valence-corrected chi connectivity index (χ0v) is 19.3. The Bertz CT molecular complexity index is 1190. The van der Waals surface area contributed by atoms with Crippen molar-refractivity contribution in [3.8, 4) is 17.0 Å². The molecule has 180 valence electrons. The third kappa shape index (κ3) is 5.22. The van der Waals surface area contributed by atoms with Crippen LogP contribution in [-0.4, -0.2) is 57.6 Å². The Morgan fingerprint density at radius 1 is 0.943 bits per heavy atom. The summed E-state index contributed by atoms with van der Waals surface area (Å²) in [5.41, 5.74) is 3.52. The fraction of sp³-hybridized carbons (Fsp3) is 0.259. The number of benzene rings is 2. The van der Waals surface area contributed by atoms with Crippen molar-refractivity contribution in [2.45, 2.75) is 25.4 Å². The number of amides is 2. The van der Waals surface area contributed by atoms with Gasteiger partial charge in [-0.2, -0.15) is 0 Å². The van der Waals surface area contributed by atoms with Gasteiger partial charge in [0.15, 0.2) is 0 Å². The molecule has 2 atom stereocenters. The highest BCUT2D eigenvalue weighted by atomic mass is 16.5. The van der Waals surface area contributed by atoms with Crippen LogP contribution in [0.2, 0.25) is 0 Å². The molecule has 0 radical (unpaired) electrons. The lowest BCUT2D eigenvalue weighted by atomic mass is 9.93. The van der Waals surface area contributed by atoms with Crippen molar-refractivity contribution in [3.05, 3.63) is 83.6 Å². The number of carboxylic acids is 1. The number of hydrogen-bond acceptors (Lipinski definition) is 6. The molecule has 0 spiro atoms. The summed E-state index contributed by atoms with van der Waals surface area (Å²) in [7, 11) is 1.56. The molecule has 0 bridgehead atoms. The Labute approximate surface area is 202 Å². The molecule has 2 amide bonds. The molecule has 2 heterocycles. The highest BCUT2D eigenvalue weighted by Gasteiger charge is 2.36. The van der Waals surface area contributed by atoms with Crippen LogP contribution in [-0.2, 0) is 11.2 Å². The average molecular weight is 475 g/mol. The Morgan fingerprint density at radius 2 is 1.57 bits per heavy atom. The lowest BCUT2D eigenvalue weighted by molar-refractivity contribution is -0.146. The number of aromatic nitrogens is 1. The predicted octanol–water partition coefficient (Wildman–Crippen LogP) is 3.44. The van der Waals surface area contributed by atoms with E-state index in [1.54, 1.807) is 43.6 Å². The smallest absolute Gasteiger partial charge is 0.309 e. The van der Waals surface area contributed by atoms with E-state index in [-0.39, 0.29) is 19.4 Å². The van der Waals surface area contributed by atoms with Crippen LogP contribution >= 0.6 is 0 Å². The minimum Gasteiger partial charge on any atom is -0.481 e. The van der Waals surface area contributed by atoms with Crippen molar-refractivity contribution >= 4 is 17.8 Å². The number of carbonyl (C=O) groups is 3. The van der Waals surface area contributed by atoms with Crippen LogP contribution in [0.3, 0.4) is 0 Å². The van der Waals surface area contributed by atoms with Gasteiger partial charge in [0.05, 0.1) is 30.3 Å². The SMILES string of the molecule is COc1ccc(-c2ccc(CC[C@H](O)[C@H](CCN3C(=O)c4ccccc4C3=O)C(=O)O)cc2)cn1. The summed E-state index contributed by atoms with van der Waals surface area (Å²) in [6.07, 6.45) is 1.31. The number of nitrogens with zero attached hydrogens (tertiary/aromatic N) is 2. The van der Waals surface area contributed by atoms with Crippen molar-refractivity contribution in [1.29, 1.82) is 0 Å². The molecule has 8 heteroatoms. The van der Waals surface area contributed by atoms with E-state index in [4.69, 9.17) is 4.74 Å². The second-order valence-corrected chi connectivity index (χ2v) is 8.43. The Hall–Kier alpha value is -4.04. The van der Waals surface area contributed by atoms with Crippen molar-refractivity contribution in [2.24, 2.45) is 5.92 Å². The van der Waals surface area contributed by atoms with Gasteiger partial charge in [0, 0.05) is 24.4 Å². The molecule has 1 aromatic heterocycles. The van der Waals surface area contributed by atoms with Crippen LogP contribution in [0, 0.1) is 5.92 Å². The van der Waals surface area contributed by atoms with Crippen molar-refractivity contribution in [1.82, 2.24) is 9.88 Å². The van der Waals surface area contributed by atoms with Crippen LogP contribution < -0.4 is 4.74 Å². The van der Waals surface area contributed by atoms with Gasteiger partial charge in [0.2, 0.25) is 5.88 Å². The van der Waals surface area contributed by atoms with E-state index in [1.807, 2.05) is 30.3 Å². The highest BCUT2D eigenvalue weighted by Crippen LogP contribution is 2.25. The number of aliphatic carboxylic acids is 1. The van der Waals surface area contributed by atoms with Gasteiger partial charge in [-0.1, -0.05) is 36.4 Å². The first-order valence-electron chi connectivity index (χ1n) is 11.3. The number of aliphatic hydroxyl groups excluding tert-OH is 1. The molecule has 0 fully saturated rings. The number of fused-ring (bicyclic) bond motifs is 1. The molecule has 0 saturated carbocycles. The summed E-state index contributed by atoms with van der Waals surface area (Å²) in [5, 5.41) is 20.3. The Morgan fingerprint density at radius 3 is 2.11 bits per heavy atom. The van der Waals surface area contributed by atoms with E-state index < -0.39 is 29.8 Å². The number of methoxy groups -OCH3 is 1. The summed E-state index contributed by atoms with van der Waals surface area (Å²) in [6.45, 7) is -0.0645. The lowest BCUT2D eigenvalue weighted by Gasteiger charge is -2.22. The quantitative estimate of drug-likeness (QED) is 0.432. The normalized spacial score (nSPS) is 14.5. The van der Waals surface area contributed by atoms with Gasteiger partial charge < -0.3 is 14.9 Å². The number of carboxylic acid groups (broad SMARTS) is 1. The molecule has 8 nitrogen and oxygen atoms in total. The summed E-state index contributed by atoms with van der Waals surface area (Å²) >= 11 is 0. The van der Waals surface area contributed by atoms with E-state index in [1.165, 1.54) is 0 Å². The molecule has 1 aliphatic rings. The van der Waals surface area contributed by atoms with Gasteiger partial charge in [-0.15, -0.1) is 0 Å². The van der Waals surface area contributed by atoms with Crippen LogP contribution in [0.1, 0.15) is 39.1 Å². The monoisotopic (exact) mass is 474 g/mol. The third-order valence-corrected chi connectivity index (χ3v) is 6.29. The predicted molar refractivity (Wildman–Crippen MR) is 128 cm³/mol. The number of aryl methyl sites for hydroxylation is 1. The third-order valence-electron chi connectivity index (χ3n) is 6.29. The van der Waals surface area contributed by atoms with Gasteiger partial charge in [0.1, 0.15) is 0 Å². The Kier molecular flexibility index (Phi) is 7.22. The van der Waals surface area contributed by atoms with Crippen LogP contribution in [0.15, 0.2) is 66.9 Å². The number of pyridine rings is 1. The maximum atomic E-state index is 12.5. The standard InChI is InChI=1S/C27H26N2O6/c1-35-24-13-11-19(16-28-24)18-9-6-17(7-10-18)8-12-23(30)22(27(33)34)14-15-29-25(31)20-4-2-3-5-21(20)26(29)32/h2-7,9-11,13,16,22-23,30H,8,12,14-15H2,1H3,(H,33,34)/t22-,23-/m0/s1. The van der Waals surface area contributed by atoms with Crippen LogP contribution in [0.25, 0.3) is 11.1 Å². The molecule has 2 N–H and O–H groups in total. The molecule has 35 heavy (non-hydrogen) atoms. The number of imide groups is 1. The minimum absolute atomic E-state index is 0.0224. The molecule has 2 aromatic carbocycles. The molecule has 1 aliphatic heterocycles. The summed E-state index contributed by atoms with van der Waals surface area (Å²) in [4.78, 5) is 42.1. The van der Waals surface area contributed by atoms with E-state index in [2.05, 4.69) is 4.98 Å². The fourth-order valence-electron chi connectivity index (χ4n) is 4.24. The number of carbonyl (C=O) groups excluding carboxylic acids is 2. The van der Waals surface area contributed by atoms with Gasteiger partial charge in [-0.05, 0) is 48.6 Å².